The molecule has 0 rings (SSSR count). The fourth-order valence-electron chi connectivity index (χ4n) is 1.30. The van der Waals surface area contributed by atoms with Crippen molar-refractivity contribution in [2.24, 2.45) is 5.73 Å². The van der Waals surface area contributed by atoms with Crippen molar-refractivity contribution < 1.29 is 9.84 Å². The standard InChI is InChI=1S/C10H24N2O2/c1-10(2,14-3)7-9(8-11)12-5-4-6-13/h9,12-13H,4-8,11H2,1-3H3. The minimum absolute atomic E-state index is 0.143. The average Bonchev–Trinajstić information content (AvgIpc) is 2.16. The normalized spacial score (nSPS) is 14.4. The summed E-state index contributed by atoms with van der Waals surface area (Å²) in [7, 11) is 1.71. The highest BCUT2D eigenvalue weighted by molar-refractivity contribution is 4.78. The van der Waals surface area contributed by atoms with Crippen LogP contribution < -0.4 is 11.1 Å². The molecule has 0 heterocycles. The number of aliphatic hydroxyl groups excluding tert-OH is 1. The fraction of sp³-hybridized carbons (Fsp3) is 1.00. The quantitative estimate of drug-likeness (QED) is 0.491. The fourth-order valence-corrected chi connectivity index (χ4v) is 1.30. The molecule has 4 N–H and O–H groups in total. The molecule has 0 fully saturated rings. The number of hydrogen-bond acceptors (Lipinski definition) is 4. The SMILES string of the molecule is COC(C)(C)CC(CN)NCCCO. The minimum atomic E-state index is -0.143. The van der Waals surface area contributed by atoms with Crippen LogP contribution in [0.1, 0.15) is 26.7 Å². The van der Waals surface area contributed by atoms with Crippen LogP contribution in [0.25, 0.3) is 0 Å². The van der Waals surface area contributed by atoms with E-state index in [1.54, 1.807) is 7.11 Å². The van der Waals surface area contributed by atoms with Crippen LogP contribution in [0.4, 0.5) is 0 Å². The molecule has 86 valence electrons. The molecule has 0 radical (unpaired) electrons. The predicted octanol–water partition coefficient (Wildman–Crippen LogP) is 0.101. The van der Waals surface area contributed by atoms with Gasteiger partial charge in [0.1, 0.15) is 0 Å². The van der Waals surface area contributed by atoms with E-state index < -0.39 is 0 Å². The van der Waals surface area contributed by atoms with Crippen molar-refractivity contribution in [3.05, 3.63) is 0 Å². The number of ether oxygens (including phenoxy) is 1. The van der Waals surface area contributed by atoms with Crippen LogP contribution in [0.3, 0.4) is 0 Å². The third-order valence-corrected chi connectivity index (χ3v) is 2.34. The molecule has 0 aromatic rings. The molecule has 0 saturated heterocycles. The maximum atomic E-state index is 8.63. The van der Waals surface area contributed by atoms with Crippen LogP contribution in [-0.4, -0.2) is 43.6 Å². The molecule has 14 heavy (non-hydrogen) atoms. The molecule has 1 unspecified atom stereocenters. The van der Waals surface area contributed by atoms with Gasteiger partial charge in [-0.1, -0.05) is 0 Å². The van der Waals surface area contributed by atoms with E-state index in [1.807, 2.05) is 13.8 Å². The lowest BCUT2D eigenvalue weighted by Gasteiger charge is -2.28. The highest BCUT2D eigenvalue weighted by Crippen LogP contribution is 2.14. The minimum Gasteiger partial charge on any atom is -0.396 e. The number of methoxy groups -OCH3 is 1. The van der Waals surface area contributed by atoms with E-state index in [1.165, 1.54) is 0 Å². The lowest BCUT2D eigenvalue weighted by atomic mass is 9.99. The van der Waals surface area contributed by atoms with Crippen molar-refractivity contribution in [1.82, 2.24) is 5.32 Å². The third-order valence-electron chi connectivity index (χ3n) is 2.34. The molecule has 1 atom stereocenters. The van der Waals surface area contributed by atoms with Gasteiger partial charge in [0.05, 0.1) is 5.60 Å². The van der Waals surface area contributed by atoms with Gasteiger partial charge in [0.2, 0.25) is 0 Å². The Labute approximate surface area is 86.8 Å². The van der Waals surface area contributed by atoms with E-state index in [2.05, 4.69) is 5.32 Å². The van der Waals surface area contributed by atoms with Crippen molar-refractivity contribution in [3.8, 4) is 0 Å². The van der Waals surface area contributed by atoms with Gasteiger partial charge in [0.15, 0.2) is 0 Å². The molecule has 0 aromatic carbocycles. The third kappa shape index (κ3) is 6.32. The summed E-state index contributed by atoms with van der Waals surface area (Å²) in [6.07, 6.45) is 1.65. The van der Waals surface area contributed by atoms with E-state index in [-0.39, 0.29) is 18.2 Å². The molecule has 4 nitrogen and oxygen atoms in total. The summed E-state index contributed by atoms with van der Waals surface area (Å²) < 4.78 is 5.33. The van der Waals surface area contributed by atoms with E-state index in [0.29, 0.717) is 6.54 Å². The van der Waals surface area contributed by atoms with Gasteiger partial charge in [-0.3, -0.25) is 0 Å². The molecular formula is C10H24N2O2. The van der Waals surface area contributed by atoms with Crippen molar-refractivity contribution in [2.75, 3.05) is 26.8 Å². The van der Waals surface area contributed by atoms with Crippen LogP contribution in [0, 0.1) is 0 Å². The van der Waals surface area contributed by atoms with Crippen LogP contribution in [-0.2, 0) is 4.74 Å². The highest BCUT2D eigenvalue weighted by atomic mass is 16.5. The Morgan fingerprint density at radius 2 is 2.14 bits per heavy atom. The Kier molecular flexibility index (Phi) is 7.09. The molecule has 4 heteroatoms. The first-order valence-electron chi connectivity index (χ1n) is 5.15. The summed E-state index contributed by atoms with van der Waals surface area (Å²) in [5.74, 6) is 0. The summed E-state index contributed by atoms with van der Waals surface area (Å²) in [5.41, 5.74) is 5.49. The number of aliphatic hydroxyl groups is 1. The van der Waals surface area contributed by atoms with Gasteiger partial charge in [0, 0.05) is 26.3 Å². The second-order valence-electron chi connectivity index (χ2n) is 4.13. The molecule has 0 bridgehead atoms. The molecule has 0 spiro atoms. The molecular weight excluding hydrogens is 180 g/mol. The van der Waals surface area contributed by atoms with Crippen LogP contribution in [0.2, 0.25) is 0 Å². The largest absolute Gasteiger partial charge is 0.396 e. The van der Waals surface area contributed by atoms with E-state index in [9.17, 15) is 0 Å². The van der Waals surface area contributed by atoms with Gasteiger partial charge in [-0.2, -0.15) is 0 Å². The maximum absolute atomic E-state index is 8.63. The highest BCUT2D eigenvalue weighted by Gasteiger charge is 2.21. The van der Waals surface area contributed by atoms with Crippen LogP contribution >= 0.6 is 0 Å². The Morgan fingerprint density at radius 3 is 2.57 bits per heavy atom. The van der Waals surface area contributed by atoms with E-state index >= 15 is 0 Å². The summed E-state index contributed by atoms with van der Waals surface area (Å²) in [6, 6.07) is 0.261. The topological polar surface area (TPSA) is 67.5 Å². The zero-order valence-corrected chi connectivity index (χ0v) is 9.55. The maximum Gasteiger partial charge on any atom is 0.0638 e. The van der Waals surface area contributed by atoms with Gasteiger partial charge >= 0.3 is 0 Å². The summed E-state index contributed by atoms with van der Waals surface area (Å²) in [5, 5.41) is 11.9. The van der Waals surface area contributed by atoms with E-state index in [0.717, 1.165) is 19.4 Å². The Balaban J connectivity index is 3.78. The van der Waals surface area contributed by atoms with Gasteiger partial charge < -0.3 is 20.9 Å². The zero-order valence-electron chi connectivity index (χ0n) is 9.55. The monoisotopic (exact) mass is 204 g/mol. The number of nitrogens with two attached hydrogens (primary N) is 1. The molecule has 0 saturated carbocycles. The van der Waals surface area contributed by atoms with Crippen molar-refractivity contribution in [3.63, 3.8) is 0 Å². The van der Waals surface area contributed by atoms with Crippen molar-refractivity contribution in [2.45, 2.75) is 38.3 Å². The molecule has 0 aliphatic heterocycles. The first-order valence-corrected chi connectivity index (χ1v) is 5.15. The van der Waals surface area contributed by atoms with Gasteiger partial charge in [-0.05, 0) is 33.2 Å². The first kappa shape index (κ1) is 13.8. The summed E-state index contributed by atoms with van der Waals surface area (Å²) in [6.45, 7) is 5.71. The molecule has 0 aromatic heterocycles. The Hall–Kier alpha value is -0.160. The van der Waals surface area contributed by atoms with E-state index in [4.69, 9.17) is 15.6 Å². The predicted molar refractivity (Wildman–Crippen MR) is 58.3 cm³/mol. The molecule has 0 aliphatic carbocycles. The smallest absolute Gasteiger partial charge is 0.0638 e. The lowest BCUT2D eigenvalue weighted by molar-refractivity contribution is 0.00774. The Bertz CT molecular complexity index is 140. The van der Waals surface area contributed by atoms with Gasteiger partial charge in [0.25, 0.3) is 0 Å². The zero-order chi connectivity index (χ0) is 11.0. The average molecular weight is 204 g/mol. The Morgan fingerprint density at radius 1 is 1.50 bits per heavy atom. The van der Waals surface area contributed by atoms with Crippen molar-refractivity contribution >= 4 is 0 Å². The van der Waals surface area contributed by atoms with Gasteiger partial charge in [-0.25, -0.2) is 0 Å². The van der Waals surface area contributed by atoms with Crippen molar-refractivity contribution in [1.29, 1.82) is 0 Å². The summed E-state index contributed by atoms with van der Waals surface area (Å²) in [4.78, 5) is 0. The molecule has 0 aliphatic rings. The van der Waals surface area contributed by atoms with Crippen LogP contribution in [0.5, 0.6) is 0 Å². The van der Waals surface area contributed by atoms with Crippen LogP contribution in [0.15, 0.2) is 0 Å². The molecule has 0 amide bonds. The summed E-state index contributed by atoms with van der Waals surface area (Å²) >= 11 is 0. The first-order chi connectivity index (χ1) is 6.55. The second-order valence-corrected chi connectivity index (χ2v) is 4.13. The number of rotatable bonds is 8. The second kappa shape index (κ2) is 7.17. The lowest BCUT2D eigenvalue weighted by Crippen LogP contribution is -2.42. The number of nitrogens with one attached hydrogen (secondary N) is 1. The number of hydrogen-bond donors (Lipinski definition) is 3. The van der Waals surface area contributed by atoms with Gasteiger partial charge in [-0.15, -0.1) is 0 Å².